The van der Waals surface area contributed by atoms with Gasteiger partial charge in [-0.05, 0) is 45.9 Å². The number of hydrogen-bond acceptors (Lipinski definition) is 3. The summed E-state index contributed by atoms with van der Waals surface area (Å²) in [6.45, 7) is 9.07. The maximum absolute atomic E-state index is 11.6. The molecule has 0 bridgehead atoms. The van der Waals surface area contributed by atoms with Crippen molar-refractivity contribution in [1.29, 1.82) is 0 Å². The zero-order chi connectivity index (χ0) is 15.8. The normalized spacial score (nSPS) is 13.4. The fraction of sp³-hybridized carbons (Fsp3) is 0.562. The fourth-order valence-electron chi connectivity index (χ4n) is 2.21. The molecule has 1 amide bonds. The maximum atomic E-state index is 11.6. The Morgan fingerprint density at radius 1 is 1.19 bits per heavy atom. The Labute approximate surface area is 127 Å². The molecule has 0 heterocycles. The highest BCUT2D eigenvalue weighted by atomic mass is 16.5. The van der Waals surface area contributed by atoms with Crippen LogP contribution in [0.4, 0.5) is 0 Å². The van der Waals surface area contributed by atoms with E-state index in [9.17, 15) is 4.79 Å². The molecule has 0 spiro atoms. The lowest BCUT2D eigenvalue weighted by molar-refractivity contribution is -0.710. The third-order valence-corrected chi connectivity index (χ3v) is 3.33. The van der Waals surface area contributed by atoms with Crippen LogP contribution in [0.2, 0.25) is 0 Å². The monoisotopic (exact) mass is 295 g/mol. The predicted octanol–water partition coefficient (Wildman–Crippen LogP) is 1.24. The van der Waals surface area contributed by atoms with E-state index >= 15 is 0 Å². The highest BCUT2D eigenvalue weighted by molar-refractivity contribution is 5.79. The fourth-order valence-corrected chi connectivity index (χ4v) is 2.21. The van der Waals surface area contributed by atoms with Crippen molar-refractivity contribution in [3.8, 4) is 11.5 Å². The number of nitrogens with one attached hydrogen (secondary N) is 1. The van der Waals surface area contributed by atoms with E-state index < -0.39 is 0 Å². The van der Waals surface area contributed by atoms with Crippen LogP contribution in [0.3, 0.4) is 0 Å². The van der Waals surface area contributed by atoms with Crippen molar-refractivity contribution >= 4 is 5.91 Å². The molecule has 3 N–H and O–H groups in total. The van der Waals surface area contributed by atoms with Crippen LogP contribution in [0, 0.1) is 0 Å². The Morgan fingerprint density at radius 3 is 2.38 bits per heavy atom. The molecule has 0 aliphatic rings. The highest BCUT2D eigenvalue weighted by Crippen LogP contribution is 2.29. The average molecular weight is 295 g/mol. The number of amides is 1. The van der Waals surface area contributed by atoms with Crippen molar-refractivity contribution < 1.29 is 19.6 Å². The van der Waals surface area contributed by atoms with Crippen molar-refractivity contribution in [2.75, 3.05) is 20.3 Å². The topological polar surface area (TPSA) is 64.2 Å². The first-order valence-electron chi connectivity index (χ1n) is 7.49. The van der Waals surface area contributed by atoms with Crippen LogP contribution in [-0.4, -0.2) is 32.2 Å². The van der Waals surface area contributed by atoms with Gasteiger partial charge < -0.3 is 20.1 Å². The van der Waals surface area contributed by atoms with E-state index in [0.29, 0.717) is 13.2 Å². The van der Waals surface area contributed by atoms with E-state index in [0.717, 1.165) is 17.1 Å². The molecule has 0 fully saturated rings. The molecule has 0 saturated heterocycles. The van der Waals surface area contributed by atoms with Gasteiger partial charge in [0.05, 0.1) is 13.2 Å². The Hall–Kier alpha value is -1.75. The van der Waals surface area contributed by atoms with Crippen molar-refractivity contribution in [3.05, 3.63) is 23.8 Å². The van der Waals surface area contributed by atoms with Crippen LogP contribution < -0.4 is 20.1 Å². The molecule has 1 aromatic rings. The van der Waals surface area contributed by atoms with Crippen molar-refractivity contribution in [2.45, 2.75) is 39.8 Å². The van der Waals surface area contributed by atoms with Gasteiger partial charge in [-0.25, -0.2) is 0 Å². The molecule has 21 heavy (non-hydrogen) atoms. The molecule has 2 atom stereocenters. The Kier molecular flexibility index (Phi) is 7.02. The SMILES string of the molecule is CCOc1ccc([C@H](C)[NH2+][C@H](C)C(=O)NC)cc1OCC. The number of rotatable bonds is 8. The van der Waals surface area contributed by atoms with E-state index in [1.807, 2.05) is 44.3 Å². The number of nitrogens with two attached hydrogens (primary N) is 1. The van der Waals surface area contributed by atoms with Gasteiger partial charge in [-0.3, -0.25) is 4.79 Å². The molecule has 0 saturated carbocycles. The van der Waals surface area contributed by atoms with E-state index in [4.69, 9.17) is 9.47 Å². The van der Waals surface area contributed by atoms with Gasteiger partial charge in [0.15, 0.2) is 17.5 Å². The zero-order valence-corrected chi connectivity index (χ0v) is 13.6. The summed E-state index contributed by atoms with van der Waals surface area (Å²) in [6, 6.07) is 5.97. The predicted molar refractivity (Wildman–Crippen MR) is 82.6 cm³/mol. The molecule has 0 aromatic heterocycles. The summed E-state index contributed by atoms with van der Waals surface area (Å²) >= 11 is 0. The molecule has 5 heteroatoms. The average Bonchev–Trinajstić information content (AvgIpc) is 2.48. The van der Waals surface area contributed by atoms with Crippen LogP contribution in [-0.2, 0) is 4.79 Å². The molecule has 0 unspecified atom stereocenters. The summed E-state index contributed by atoms with van der Waals surface area (Å²) < 4.78 is 11.2. The molecular formula is C16H27N2O3+. The number of ether oxygens (including phenoxy) is 2. The zero-order valence-electron chi connectivity index (χ0n) is 13.6. The maximum Gasteiger partial charge on any atom is 0.277 e. The van der Waals surface area contributed by atoms with Gasteiger partial charge in [0.1, 0.15) is 6.04 Å². The lowest BCUT2D eigenvalue weighted by atomic mass is 10.1. The van der Waals surface area contributed by atoms with E-state index in [-0.39, 0.29) is 18.0 Å². The second-order valence-corrected chi connectivity index (χ2v) is 4.96. The van der Waals surface area contributed by atoms with E-state index in [1.54, 1.807) is 7.05 Å². The molecule has 118 valence electrons. The molecule has 0 aliphatic heterocycles. The quantitative estimate of drug-likeness (QED) is 0.758. The molecule has 1 rings (SSSR count). The number of carbonyl (C=O) groups excluding carboxylic acids is 1. The lowest BCUT2D eigenvalue weighted by Gasteiger charge is -2.18. The van der Waals surface area contributed by atoms with Gasteiger partial charge in [-0.1, -0.05) is 0 Å². The highest BCUT2D eigenvalue weighted by Gasteiger charge is 2.20. The van der Waals surface area contributed by atoms with Crippen LogP contribution in [0.25, 0.3) is 0 Å². The van der Waals surface area contributed by atoms with Crippen LogP contribution >= 0.6 is 0 Å². The molecular weight excluding hydrogens is 268 g/mol. The van der Waals surface area contributed by atoms with Gasteiger partial charge in [0.2, 0.25) is 0 Å². The third kappa shape index (κ3) is 4.93. The minimum atomic E-state index is -0.132. The minimum absolute atomic E-state index is 0.0258. The lowest BCUT2D eigenvalue weighted by Crippen LogP contribution is -2.92. The van der Waals surface area contributed by atoms with E-state index in [1.165, 1.54) is 0 Å². The van der Waals surface area contributed by atoms with E-state index in [2.05, 4.69) is 12.2 Å². The summed E-state index contributed by atoms with van der Waals surface area (Å²) in [5.41, 5.74) is 1.11. The summed E-state index contributed by atoms with van der Waals surface area (Å²) in [4.78, 5) is 11.6. The van der Waals surface area contributed by atoms with Gasteiger partial charge in [-0.15, -0.1) is 0 Å². The number of quaternary nitrogens is 1. The van der Waals surface area contributed by atoms with Crippen molar-refractivity contribution in [3.63, 3.8) is 0 Å². The second-order valence-electron chi connectivity index (χ2n) is 4.96. The summed E-state index contributed by atoms with van der Waals surface area (Å²) in [5.74, 6) is 1.54. The van der Waals surface area contributed by atoms with Gasteiger partial charge in [0, 0.05) is 12.6 Å². The Balaban J connectivity index is 2.86. The summed E-state index contributed by atoms with van der Waals surface area (Å²) in [5, 5.41) is 4.70. The van der Waals surface area contributed by atoms with Crippen LogP contribution in [0.5, 0.6) is 11.5 Å². The molecule has 0 aliphatic carbocycles. The van der Waals surface area contributed by atoms with Crippen LogP contribution in [0.15, 0.2) is 18.2 Å². The Morgan fingerprint density at radius 2 is 1.81 bits per heavy atom. The van der Waals surface area contributed by atoms with Gasteiger partial charge in [-0.2, -0.15) is 0 Å². The number of hydrogen-bond donors (Lipinski definition) is 2. The smallest absolute Gasteiger partial charge is 0.277 e. The van der Waals surface area contributed by atoms with Gasteiger partial charge >= 0.3 is 0 Å². The molecule has 5 nitrogen and oxygen atoms in total. The van der Waals surface area contributed by atoms with Crippen LogP contribution in [0.1, 0.15) is 39.3 Å². The minimum Gasteiger partial charge on any atom is -0.490 e. The standard InChI is InChI=1S/C16H26N2O3/c1-6-20-14-9-8-13(10-15(14)21-7-2)11(3)18-12(4)16(19)17-5/h8-12,18H,6-7H2,1-5H3,(H,17,19)/p+1/t11-,12+/m0/s1. The Bertz CT molecular complexity index is 463. The third-order valence-electron chi connectivity index (χ3n) is 3.33. The van der Waals surface area contributed by atoms with Crippen molar-refractivity contribution in [2.24, 2.45) is 0 Å². The first kappa shape index (κ1) is 17.3. The first-order valence-corrected chi connectivity index (χ1v) is 7.49. The van der Waals surface area contributed by atoms with Gasteiger partial charge in [0.25, 0.3) is 5.91 Å². The number of carbonyl (C=O) groups is 1. The first-order chi connectivity index (χ1) is 10.0. The number of benzene rings is 1. The molecule has 1 aromatic carbocycles. The van der Waals surface area contributed by atoms with Crippen molar-refractivity contribution in [1.82, 2.24) is 5.32 Å². The summed E-state index contributed by atoms with van der Waals surface area (Å²) in [7, 11) is 1.65. The summed E-state index contributed by atoms with van der Waals surface area (Å²) in [6.07, 6.45) is 0. The largest absolute Gasteiger partial charge is 0.490 e. The second kappa shape index (κ2) is 8.52. The number of likely N-dealkylation sites (N-methyl/N-ethyl adjacent to an activating group) is 1. The molecule has 0 radical (unpaired) electrons.